The quantitative estimate of drug-likeness (QED) is 0.0660. The number of para-hydroxylation sites is 8. The van der Waals surface area contributed by atoms with Crippen LogP contribution in [0.15, 0.2) is 291 Å². The Hall–Kier alpha value is -14.1. The Morgan fingerprint density at radius 1 is 0.221 bits per heavy atom. The third-order valence-electron chi connectivity index (χ3n) is 17.6. The van der Waals surface area contributed by atoms with Gasteiger partial charge < -0.3 is 19.9 Å². The zero-order chi connectivity index (χ0) is 71.2. The molecule has 0 aliphatic heterocycles. The molecule has 0 atom stereocenters. The first-order valence-corrected chi connectivity index (χ1v) is 33.8. The molecule has 0 unspecified atom stereocenters. The average molecular weight is 1350 g/mol. The Balaban J connectivity index is 0.000000153. The third kappa shape index (κ3) is 14.2. The summed E-state index contributed by atoms with van der Waals surface area (Å²) in [6, 6.07) is 91.8. The number of carbonyl (C=O) groups excluding carboxylic acids is 4. The molecule has 0 saturated heterocycles. The van der Waals surface area contributed by atoms with Gasteiger partial charge in [-0.15, -0.1) is 0 Å². The molecule has 0 saturated carbocycles. The van der Waals surface area contributed by atoms with Crippen LogP contribution in [0.1, 0.15) is 64.2 Å². The Bertz CT molecular complexity index is 5710. The van der Waals surface area contributed by atoms with E-state index in [2.05, 4.69) is 141 Å². The van der Waals surface area contributed by atoms with E-state index in [1.54, 1.807) is 60.7 Å². The number of ketones is 4. The second-order valence-corrected chi connectivity index (χ2v) is 25.1. The molecule has 500 valence electrons. The number of carbonyl (C=O) groups is 4. The molecular formula is C88H64N12O4. The van der Waals surface area contributed by atoms with E-state index in [0.29, 0.717) is 11.1 Å². The highest BCUT2D eigenvalue weighted by Crippen LogP contribution is 2.37. The standard InChI is InChI=1S/C50H34N8.C22H14O4.2C8H8N2/c1-29-11-25-41-43(27-29)53-47(33-17-21-35(22-18-33)49-55-37-7-3-4-8-38(37)56-49)45(51-41)31-13-15-32(16-14-31)46-48(54-44-28-30(2)12-26-42(44)52-46)34-19-23-36(24-20-34)50-57-39-9-5-6-10-40(39)58-50;23-19(15-7-3-1-4-8-15)21(25)17-11-13-18(14-12-17)22(26)20(24)16-9-5-2-6-10-16;2*1-6-9-7-4-2-3-5-8(7)10-6/h3-28H,1-2H3,(H,55,56)(H,57,58);1-14H;2*2-5H,1H3,(H,9,10). The van der Waals surface area contributed by atoms with Crippen molar-refractivity contribution in [3.05, 3.63) is 336 Å². The molecule has 0 bridgehead atoms. The number of aryl methyl sites for hydroxylation is 4. The fourth-order valence-corrected chi connectivity index (χ4v) is 12.3. The lowest BCUT2D eigenvalue weighted by atomic mass is 9.97. The molecule has 0 amide bonds. The Labute approximate surface area is 596 Å². The van der Waals surface area contributed by atoms with Crippen molar-refractivity contribution in [3.63, 3.8) is 0 Å². The molecule has 4 N–H and O–H groups in total. The number of benzene rings is 12. The largest absolute Gasteiger partial charge is 0.342 e. The van der Waals surface area contributed by atoms with Crippen LogP contribution in [-0.4, -0.2) is 82.9 Å². The Kier molecular flexibility index (Phi) is 18.3. The average Bonchev–Trinajstić information content (AvgIpc) is 1.05. The lowest BCUT2D eigenvalue weighted by molar-refractivity contribution is 0.0814. The van der Waals surface area contributed by atoms with Crippen molar-refractivity contribution in [2.45, 2.75) is 27.7 Å². The number of Topliss-reactive ketones (excluding diaryl/α,β-unsaturated/α-hetero) is 4. The van der Waals surface area contributed by atoms with Gasteiger partial charge in [0.1, 0.15) is 23.3 Å². The lowest BCUT2D eigenvalue weighted by Crippen LogP contribution is -2.16. The normalized spacial score (nSPS) is 11.0. The molecule has 6 aromatic heterocycles. The molecule has 16 heteroatoms. The molecule has 18 aromatic rings. The fourth-order valence-electron chi connectivity index (χ4n) is 12.3. The molecule has 0 spiro atoms. The Morgan fingerprint density at radius 2 is 0.481 bits per heavy atom. The van der Waals surface area contributed by atoms with E-state index < -0.39 is 23.1 Å². The zero-order valence-electron chi connectivity index (χ0n) is 56.9. The van der Waals surface area contributed by atoms with Gasteiger partial charge >= 0.3 is 0 Å². The maximum absolute atomic E-state index is 12.3. The first kappa shape index (κ1) is 65.8. The van der Waals surface area contributed by atoms with Crippen molar-refractivity contribution >= 4 is 89.3 Å². The minimum absolute atomic E-state index is 0.169. The van der Waals surface area contributed by atoms with E-state index in [9.17, 15) is 19.2 Å². The number of rotatable bonds is 12. The second kappa shape index (κ2) is 29.0. The number of fused-ring (bicyclic) bond motifs is 6. The first-order valence-electron chi connectivity index (χ1n) is 33.8. The van der Waals surface area contributed by atoms with Gasteiger partial charge in [0, 0.05) is 55.6 Å². The van der Waals surface area contributed by atoms with Crippen LogP contribution in [0.5, 0.6) is 0 Å². The fraction of sp³-hybridized carbons (Fsp3) is 0.0455. The number of nitrogens with one attached hydrogen (secondary N) is 4. The molecule has 18 rings (SSSR count). The highest BCUT2D eigenvalue weighted by atomic mass is 16.2. The molecule has 104 heavy (non-hydrogen) atoms. The van der Waals surface area contributed by atoms with Gasteiger partial charge in [0.2, 0.25) is 23.1 Å². The maximum atomic E-state index is 12.3. The van der Waals surface area contributed by atoms with E-state index in [1.165, 1.54) is 24.3 Å². The molecule has 0 aliphatic carbocycles. The number of nitrogens with zero attached hydrogens (tertiary/aromatic N) is 8. The number of imidazole rings is 4. The van der Waals surface area contributed by atoms with Gasteiger partial charge in [-0.05, 0) is 112 Å². The number of aromatic amines is 4. The Morgan fingerprint density at radius 3 is 0.788 bits per heavy atom. The lowest BCUT2D eigenvalue weighted by Gasteiger charge is -2.14. The van der Waals surface area contributed by atoms with Gasteiger partial charge in [0.05, 0.1) is 89.0 Å². The number of aromatic nitrogens is 12. The smallest absolute Gasteiger partial charge is 0.233 e. The van der Waals surface area contributed by atoms with Crippen molar-refractivity contribution in [1.29, 1.82) is 0 Å². The van der Waals surface area contributed by atoms with Crippen LogP contribution in [0, 0.1) is 27.7 Å². The summed E-state index contributed by atoms with van der Waals surface area (Å²) < 4.78 is 0. The van der Waals surface area contributed by atoms with Crippen molar-refractivity contribution in [1.82, 2.24) is 59.8 Å². The number of hydrogen-bond acceptors (Lipinski definition) is 12. The SMILES string of the molecule is Cc1ccc2nc(-c3ccc(-c4nc5ccc(C)cc5nc4-c4ccc(-c5nc6ccccc6[nH]5)cc4)cc3)c(-c3ccc(-c4nc5ccccc5[nH]4)cc3)nc2c1.Cc1nc2ccccc2[nH]1.Cc1nc2ccccc2[nH]1.O=C(C(=O)c1ccc(C(=O)C(=O)c2ccccc2)cc1)c1ccccc1. The van der Waals surface area contributed by atoms with Crippen LogP contribution >= 0.6 is 0 Å². The molecule has 0 fully saturated rings. The van der Waals surface area contributed by atoms with Crippen LogP contribution < -0.4 is 0 Å². The summed E-state index contributed by atoms with van der Waals surface area (Å²) in [5.41, 5.74) is 23.9. The van der Waals surface area contributed by atoms with Gasteiger partial charge in [-0.1, -0.05) is 218 Å². The van der Waals surface area contributed by atoms with Crippen molar-refractivity contribution in [3.8, 4) is 67.8 Å². The van der Waals surface area contributed by atoms with Crippen molar-refractivity contribution in [2.24, 2.45) is 0 Å². The van der Waals surface area contributed by atoms with Crippen molar-refractivity contribution in [2.75, 3.05) is 0 Å². The van der Waals surface area contributed by atoms with E-state index >= 15 is 0 Å². The summed E-state index contributed by atoms with van der Waals surface area (Å²) in [5, 5.41) is 0. The van der Waals surface area contributed by atoms with Crippen molar-refractivity contribution < 1.29 is 19.2 Å². The molecule has 0 radical (unpaired) electrons. The minimum atomic E-state index is -0.662. The monoisotopic (exact) mass is 1350 g/mol. The predicted molar refractivity (Wildman–Crippen MR) is 412 cm³/mol. The van der Waals surface area contributed by atoms with Crippen LogP contribution in [-0.2, 0) is 0 Å². The van der Waals surface area contributed by atoms with Gasteiger partial charge in [-0.2, -0.15) is 0 Å². The van der Waals surface area contributed by atoms with Gasteiger partial charge in [0.15, 0.2) is 0 Å². The third-order valence-corrected chi connectivity index (χ3v) is 17.6. The molecule has 16 nitrogen and oxygen atoms in total. The summed E-state index contributed by atoms with van der Waals surface area (Å²) in [6.45, 7) is 8.07. The summed E-state index contributed by atoms with van der Waals surface area (Å²) in [5.74, 6) is 1.04. The molecule has 0 aliphatic rings. The minimum Gasteiger partial charge on any atom is -0.342 e. The van der Waals surface area contributed by atoms with Gasteiger partial charge in [0.25, 0.3) is 0 Å². The van der Waals surface area contributed by atoms with Gasteiger partial charge in [-0.25, -0.2) is 39.9 Å². The summed E-state index contributed by atoms with van der Waals surface area (Å²) in [4.78, 5) is 101. The second-order valence-electron chi connectivity index (χ2n) is 25.1. The molecule has 6 heterocycles. The van der Waals surface area contributed by atoms with Gasteiger partial charge in [-0.3, -0.25) is 19.2 Å². The first-order chi connectivity index (χ1) is 50.8. The summed E-state index contributed by atoms with van der Waals surface area (Å²) in [6.07, 6.45) is 0. The van der Waals surface area contributed by atoms with Crippen LogP contribution in [0.3, 0.4) is 0 Å². The van der Waals surface area contributed by atoms with E-state index in [4.69, 9.17) is 29.9 Å². The van der Waals surface area contributed by atoms with E-state index in [0.717, 1.165) is 157 Å². The summed E-state index contributed by atoms with van der Waals surface area (Å²) >= 11 is 0. The number of hydrogen-bond donors (Lipinski definition) is 4. The summed E-state index contributed by atoms with van der Waals surface area (Å²) in [7, 11) is 0. The highest BCUT2D eigenvalue weighted by Gasteiger charge is 2.23. The topological polar surface area (TPSA) is 235 Å². The predicted octanol–water partition coefficient (Wildman–Crippen LogP) is 19.5. The van der Waals surface area contributed by atoms with Crippen LogP contribution in [0.25, 0.3) is 134 Å². The highest BCUT2D eigenvalue weighted by molar-refractivity contribution is 6.50. The van der Waals surface area contributed by atoms with Crippen LogP contribution in [0.4, 0.5) is 0 Å². The van der Waals surface area contributed by atoms with Crippen LogP contribution in [0.2, 0.25) is 0 Å². The maximum Gasteiger partial charge on any atom is 0.233 e. The molecule has 12 aromatic carbocycles. The molecular weight excluding hydrogens is 1290 g/mol. The zero-order valence-corrected chi connectivity index (χ0v) is 56.9. The van der Waals surface area contributed by atoms with E-state index in [-0.39, 0.29) is 11.1 Å². The number of H-pyrrole nitrogens is 4. The van der Waals surface area contributed by atoms with E-state index in [1.807, 2.05) is 123 Å².